The van der Waals surface area contributed by atoms with Gasteiger partial charge >= 0.3 is 0 Å². The van der Waals surface area contributed by atoms with Crippen molar-refractivity contribution in [1.29, 1.82) is 0 Å². The van der Waals surface area contributed by atoms with Crippen molar-refractivity contribution in [2.75, 3.05) is 24.1 Å². The van der Waals surface area contributed by atoms with Crippen LogP contribution in [0.1, 0.15) is 44.6 Å². The van der Waals surface area contributed by atoms with E-state index in [4.69, 9.17) is 32.7 Å². The number of halogens is 3. The van der Waals surface area contributed by atoms with Crippen LogP contribution in [0.15, 0.2) is 65.6 Å². The Labute approximate surface area is 272 Å². The van der Waals surface area contributed by atoms with E-state index in [9.17, 15) is 22.4 Å². The third-order valence-electron chi connectivity index (χ3n) is 7.95. The van der Waals surface area contributed by atoms with E-state index in [1.54, 1.807) is 25.1 Å². The van der Waals surface area contributed by atoms with E-state index < -0.39 is 34.3 Å². The lowest BCUT2D eigenvalue weighted by Gasteiger charge is -2.33. The van der Waals surface area contributed by atoms with Gasteiger partial charge < -0.3 is 19.7 Å². The highest BCUT2D eigenvalue weighted by Gasteiger charge is 2.34. The summed E-state index contributed by atoms with van der Waals surface area (Å²) in [5, 5.41) is 3.66. The number of ether oxygens (including phenoxy) is 2. The number of carbonyl (C=O) groups excluding carboxylic acids is 2. The van der Waals surface area contributed by atoms with E-state index in [0.29, 0.717) is 22.9 Å². The summed E-state index contributed by atoms with van der Waals surface area (Å²) >= 11 is 12.4. The highest BCUT2D eigenvalue weighted by atomic mass is 35.5. The predicted octanol–water partition coefficient (Wildman–Crippen LogP) is 5.97. The normalized spacial score (nSPS) is 15.6. The van der Waals surface area contributed by atoms with Crippen LogP contribution in [0.25, 0.3) is 0 Å². The Kier molecular flexibility index (Phi) is 10.4. The van der Waals surface area contributed by atoms with Crippen molar-refractivity contribution in [2.45, 2.75) is 62.6 Å². The van der Waals surface area contributed by atoms with E-state index in [1.807, 2.05) is 0 Å². The number of rotatable bonds is 10. The number of carbonyl (C=O) groups is 2. The van der Waals surface area contributed by atoms with Gasteiger partial charge in [0.25, 0.3) is 10.0 Å². The van der Waals surface area contributed by atoms with E-state index in [2.05, 4.69) is 5.32 Å². The summed E-state index contributed by atoms with van der Waals surface area (Å²) in [6, 6.07) is 12.9. The number of nitrogens with zero attached hydrogens (tertiary/aromatic N) is 2. The van der Waals surface area contributed by atoms with Gasteiger partial charge in [0, 0.05) is 18.7 Å². The first-order valence-electron chi connectivity index (χ1n) is 14.7. The molecule has 0 aromatic heterocycles. The van der Waals surface area contributed by atoms with Gasteiger partial charge in [0.2, 0.25) is 11.8 Å². The van der Waals surface area contributed by atoms with Crippen LogP contribution in [0.3, 0.4) is 0 Å². The van der Waals surface area contributed by atoms with Gasteiger partial charge in [-0.25, -0.2) is 12.8 Å². The summed E-state index contributed by atoms with van der Waals surface area (Å²) < 4.78 is 54.2. The Bertz CT molecular complexity index is 1650. The molecule has 0 unspecified atom stereocenters. The summed E-state index contributed by atoms with van der Waals surface area (Å²) in [6.07, 6.45) is 4.84. The van der Waals surface area contributed by atoms with Crippen LogP contribution < -0.4 is 19.1 Å². The molecule has 1 aliphatic heterocycles. The fourth-order valence-electron chi connectivity index (χ4n) is 5.43. The Balaban J connectivity index is 1.48. The summed E-state index contributed by atoms with van der Waals surface area (Å²) in [7, 11) is -4.39. The van der Waals surface area contributed by atoms with Gasteiger partial charge in [0.05, 0.1) is 20.6 Å². The largest absolute Gasteiger partial charge is 0.486 e. The molecule has 3 aromatic carbocycles. The summed E-state index contributed by atoms with van der Waals surface area (Å²) in [5.74, 6) is -0.927. The molecule has 1 aliphatic carbocycles. The maximum absolute atomic E-state index is 14.2. The first-order chi connectivity index (χ1) is 21.5. The van der Waals surface area contributed by atoms with E-state index in [-0.39, 0.29) is 46.5 Å². The van der Waals surface area contributed by atoms with Gasteiger partial charge in [-0.05, 0) is 73.9 Å². The molecule has 5 rings (SSSR count). The Morgan fingerprint density at radius 3 is 2.31 bits per heavy atom. The molecule has 2 aliphatic rings. The van der Waals surface area contributed by atoms with E-state index >= 15 is 0 Å². The number of sulfonamides is 1. The molecule has 1 heterocycles. The fourth-order valence-corrected chi connectivity index (χ4v) is 7.18. The maximum Gasteiger partial charge on any atom is 0.264 e. The van der Waals surface area contributed by atoms with Crippen LogP contribution in [0, 0.1) is 5.82 Å². The molecule has 1 fully saturated rings. The summed E-state index contributed by atoms with van der Waals surface area (Å²) in [5.41, 5.74) is 0.659. The lowest BCUT2D eigenvalue weighted by Crippen LogP contribution is -2.53. The van der Waals surface area contributed by atoms with Gasteiger partial charge in [0.15, 0.2) is 11.5 Å². The second-order valence-corrected chi connectivity index (χ2v) is 13.8. The maximum atomic E-state index is 14.2. The first kappa shape index (κ1) is 32.8. The van der Waals surface area contributed by atoms with Gasteiger partial charge in [-0.15, -0.1) is 0 Å². The number of amides is 2. The average Bonchev–Trinajstić information content (AvgIpc) is 3.04. The van der Waals surface area contributed by atoms with Crippen molar-refractivity contribution in [2.24, 2.45) is 0 Å². The number of nitrogens with one attached hydrogen (secondary N) is 1. The highest BCUT2D eigenvalue weighted by molar-refractivity contribution is 7.92. The molecule has 1 N–H and O–H groups in total. The number of benzene rings is 3. The Morgan fingerprint density at radius 1 is 0.933 bits per heavy atom. The molecule has 0 bridgehead atoms. The highest BCUT2D eigenvalue weighted by Crippen LogP contribution is 2.34. The Hall–Kier alpha value is -3.54. The zero-order chi connectivity index (χ0) is 32.1. The predicted molar refractivity (Wildman–Crippen MR) is 170 cm³/mol. The van der Waals surface area contributed by atoms with Crippen molar-refractivity contribution >= 4 is 50.7 Å². The minimum Gasteiger partial charge on any atom is -0.486 e. The van der Waals surface area contributed by atoms with Crippen molar-refractivity contribution in [3.63, 3.8) is 0 Å². The van der Waals surface area contributed by atoms with Crippen molar-refractivity contribution in [1.82, 2.24) is 10.2 Å². The van der Waals surface area contributed by atoms with Crippen LogP contribution in [0.4, 0.5) is 10.1 Å². The third kappa shape index (κ3) is 7.82. The molecule has 9 nitrogen and oxygen atoms in total. The molecule has 1 atom stereocenters. The van der Waals surface area contributed by atoms with Crippen LogP contribution in [0.2, 0.25) is 10.0 Å². The van der Waals surface area contributed by atoms with Crippen LogP contribution in [-0.2, 0) is 26.2 Å². The first-order valence-corrected chi connectivity index (χ1v) is 16.9. The minimum absolute atomic E-state index is 0.00178. The number of anilines is 1. The van der Waals surface area contributed by atoms with Gasteiger partial charge in [0.1, 0.15) is 31.6 Å². The summed E-state index contributed by atoms with van der Waals surface area (Å²) in [6.45, 7) is 1.46. The van der Waals surface area contributed by atoms with E-state index in [0.717, 1.165) is 48.5 Å². The SMILES string of the molecule is C[C@@H](C(=O)NC1CCCCC1)N(Cc1ccc(Cl)c(Cl)c1)C(=O)CN(c1ccc(F)cc1)S(=O)(=O)c1ccc2c(c1)OCCO2. The van der Waals surface area contributed by atoms with Crippen LogP contribution >= 0.6 is 23.2 Å². The zero-order valence-corrected chi connectivity index (χ0v) is 27.0. The smallest absolute Gasteiger partial charge is 0.264 e. The molecule has 1 saturated carbocycles. The molecule has 0 radical (unpaired) electrons. The topological polar surface area (TPSA) is 105 Å². The van der Waals surface area contributed by atoms with Crippen molar-refractivity contribution < 1.29 is 31.9 Å². The lowest BCUT2D eigenvalue weighted by molar-refractivity contribution is -0.139. The molecule has 3 aromatic rings. The number of hydrogen-bond donors (Lipinski definition) is 1. The number of fused-ring (bicyclic) bond motifs is 1. The fraction of sp³-hybridized carbons (Fsp3) is 0.375. The Morgan fingerprint density at radius 2 is 1.62 bits per heavy atom. The second kappa shape index (κ2) is 14.3. The van der Waals surface area contributed by atoms with Gasteiger partial charge in [-0.1, -0.05) is 48.5 Å². The molecular weight excluding hydrogens is 644 g/mol. The van der Waals surface area contributed by atoms with Crippen molar-refractivity contribution in [3.05, 3.63) is 82.1 Å². The lowest BCUT2D eigenvalue weighted by atomic mass is 9.95. The van der Waals surface area contributed by atoms with Gasteiger partial charge in [-0.3, -0.25) is 13.9 Å². The molecule has 0 spiro atoms. The molecule has 240 valence electrons. The summed E-state index contributed by atoms with van der Waals surface area (Å²) in [4.78, 5) is 28.8. The molecule has 13 heteroatoms. The molecule has 0 saturated heterocycles. The molecule has 2 amide bonds. The van der Waals surface area contributed by atoms with Crippen LogP contribution in [0.5, 0.6) is 11.5 Å². The molecule has 45 heavy (non-hydrogen) atoms. The third-order valence-corrected chi connectivity index (χ3v) is 10.5. The quantitative estimate of drug-likeness (QED) is 0.284. The average molecular weight is 679 g/mol. The molecular formula is C32H34Cl2FN3O6S. The monoisotopic (exact) mass is 677 g/mol. The van der Waals surface area contributed by atoms with Crippen molar-refractivity contribution in [3.8, 4) is 11.5 Å². The second-order valence-electron chi connectivity index (χ2n) is 11.1. The van der Waals surface area contributed by atoms with Crippen LogP contribution in [-0.4, -0.2) is 57.0 Å². The van der Waals surface area contributed by atoms with Gasteiger partial charge in [-0.2, -0.15) is 0 Å². The number of hydrogen-bond acceptors (Lipinski definition) is 6. The zero-order valence-electron chi connectivity index (χ0n) is 24.7. The van der Waals surface area contributed by atoms with E-state index in [1.165, 1.54) is 35.2 Å². The standard InChI is InChI=1S/C32H34Cl2FN3O6S/c1-21(32(40)36-24-5-3-2-4-6-24)37(19-22-7-13-27(33)28(34)17-22)31(39)20-38(25-10-8-23(35)9-11-25)45(41,42)26-12-14-29-30(18-26)44-16-15-43-29/h7-14,17-18,21,24H,2-6,15-16,19-20H2,1H3,(H,36,40)/t21-/m0/s1. The minimum atomic E-state index is -4.39.